The summed E-state index contributed by atoms with van der Waals surface area (Å²) >= 11 is 12.0. The zero-order valence-electron chi connectivity index (χ0n) is 6.83. The van der Waals surface area contributed by atoms with Crippen LogP contribution in [0.5, 0.6) is 0 Å². The molecule has 0 saturated carbocycles. The summed E-state index contributed by atoms with van der Waals surface area (Å²) in [7, 11) is 0. The fourth-order valence-corrected chi connectivity index (χ4v) is 2.00. The Labute approximate surface area is 88.1 Å². The molecule has 0 bridgehead atoms. The van der Waals surface area contributed by atoms with Crippen LogP contribution in [0.2, 0.25) is 5.02 Å². The van der Waals surface area contributed by atoms with Crippen LogP contribution in [0.15, 0.2) is 24.3 Å². The molecule has 0 amide bonds. The molecule has 1 rings (SSSR count). The number of halogens is 1. The molecule has 1 unspecified atom stereocenters. The molecule has 1 aromatic carbocycles. The van der Waals surface area contributed by atoms with E-state index in [0.29, 0.717) is 4.58 Å². The SMILES string of the molecule is CC(S)SCc1ccccc1Cl. The lowest BCUT2D eigenvalue weighted by Crippen LogP contribution is -1.86. The van der Waals surface area contributed by atoms with Gasteiger partial charge in [-0.2, -0.15) is 12.6 Å². The Bertz CT molecular complexity index is 248. The maximum Gasteiger partial charge on any atom is 0.0447 e. The van der Waals surface area contributed by atoms with Crippen molar-refractivity contribution in [2.24, 2.45) is 0 Å². The fourth-order valence-electron chi connectivity index (χ4n) is 0.826. The third-order valence-electron chi connectivity index (χ3n) is 1.44. The van der Waals surface area contributed by atoms with Crippen LogP contribution in [0.1, 0.15) is 12.5 Å². The highest BCUT2D eigenvalue weighted by Gasteiger charge is 2.00. The van der Waals surface area contributed by atoms with E-state index in [1.807, 2.05) is 24.3 Å². The zero-order chi connectivity index (χ0) is 8.97. The second kappa shape index (κ2) is 5.05. The lowest BCUT2D eigenvalue weighted by molar-refractivity contribution is 1.37. The van der Waals surface area contributed by atoms with Gasteiger partial charge in [0.25, 0.3) is 0 Å². The summed E-state index contributed by atoms with van der Waals surface area (Å²) in [5.74, 6) is 0.935. The van der Waals surface area contributed by atoms with Crippen LogP contribution in [0.25, 0.3) is 0 Å². The summed E-state index contributed by atoms with van der Waals surface area (Å²) in [5.41, 5.74) is 1.19. The average molecular weight is 219 g/mol. The first-order valence-corrected chi connectivity index (χ1v) is 5.67. The summed E-state index contributed by atoms with van der Waals surface area (Å²) in [5, 5.41) is 0.846. The predicted molar refractivity (Wildman–Crippen MR) is 61.2 cm³/mol. The smallest absolute Gasteiger partial charge is 0.0447 e. The topological polar surface area (TPSA) is 0 Å². The molecular weight excluding hydrogens is 208 g/mol. The van der Waals surface area contributed by atoms with Crippen molar-refractivity contribution in [3.63, 3.8) is 0 Å². The number of thioether (sulfide) groups is 1. The van der Waals surface area contributed by atoms with E-state index in [0.717, 1.165) is 10.8 Å². The molecule has 0 aliphatic rings. The van der Waals surface area contributed by atoms with E-state index in [2.05, 4.69) is 19.6 Å². The van der Waals surface area contributed by atoms with Gasteiger partial charge in [-0.3, -0.25) is 0 Å². The van der Waals surface area contributed by atoms with Gasteiger partial charge in [0, 0.05) is 15.4 Å². The number of hydrogen-bond acceptors (Lipinski definition) is 2. The van der Waals surface area contributed by atoms with Crippen molar-refractivity contribution in [2.45, 2.75) is 17.3 Å². The number of thiol groups is 1. The first kappa shape index (κ1) is 10.3. The third-order valence-corrected chi connectivity index (χ3v) is 3.21. The van der Waals surface area contributed by atoms with E-state index < -0.39 is 0 Å². The fraction of sp³-hybridized carbons (Fsp3) is 0.333. The third kappa shape index (κ3) is 3.30. The number of benzene rings is 1. The summed E-state index contributed by atoms with van der Waals surface area (Å²) in [4.78, 5) is 0. The molecule has 3 heteroatoms. The van der Waals surface area contributed by atoms with Gasteiger partial charge in [-0.1, -0.05) is 29.8 Å². The molecule has 0 aliphatic carbocycles. The first-order valence-electron chi connectivity index (χ1n) is 3.73. The van der Waals surface area contributed by atoms with Gasteiger partial charge >= 0.3 is 0 Å². The highest BCUT2D eigenvalue weighted by Crippen LogP contribution is 2.24. The Morgan fingerprint density at radius 3 is 2.75 bits per heavy atom. The van der Waals surface area contributed by atoms with Crippen molar-refractivity contribution in [3.05, 3.63) is 34.9 Å². The van der Waals surface area contributed by atoms with Crippen LogP contribution in [0, 0.1) is 0 Å². The maximum absolute atomic E-state index is 5.97. The first-order chi connectivity index (χ1) is 5.70. The lowest BCUT2D eigenvalue weighted by Gasteiger charge is -2.05. The molecule has 0 N–H and O–H groups in total. The van der Waals surface area contributed by atoms with Crippen LogP contribution in [0.4, 0.5) is 0 Å². The van der Waals surface area contributed by atoms with Gasteiger partial charge in [-0.15, -0.1) is 11.8 Å². The van der Waals surface area contributed by atoms with Crippen LogP contribution in [-0.4, -0.2) is 4.58 Å². The highest BCUT2D eigenvalue weighted by molar-refractivity contribution is 8.09. The van der Waals surface area contributed by atoms with Gasteiger partial charge in [0.15, 0.2) is 0 Å². The minimum absolute atomic E-state index is 0.362. The molecule has 0 nitrogen and oxygen atoms in total. The average Bonchev–Trinajstić information content (AvgIpc) is 2.03. The molecule has 0 saturated heterocycles. The molecule has 12 heavy (non-hydrogen) atoms. The van der Waals surface area contributed by atoms with Gasteiger partial charge in [-0.25, -0.2) is 0 Å². The molecule has 0 fully saturated rings. The quantitative estimate of drug-likeness (QED) is 0.594. The molecule has 0 radical (unpaired) electrons. The van der Waals surface area contributed by atoms with Crippen molar-refractivity contribution >= 4 is 36.0 Å². The van der Waals surface area contributed by atoms with Crippen molar-refractivity contribution in [2.75, 3.05) is 0 Å². The second-order valence-corrected chi connectivity index (χ2v) is 5.36. The van der Waals surface area contributed by atoms with E-state index in [4.69, 9.17) is 11.6 Å². The van der Waals surface area contributed by atoms with Crippen LogP contribution < -0.4 is 0 Å². The molecule has 0 aliphatic heterocycles. The highest BCUT2D eigenvalue weighted by atomic mass is 35.5. The Hall–Kier alpha value is 0.210. The maximum atomic E-state index is 5.97. The Morgan fingerprint density at radius 2 is 2.17 bits per heavy atom. The van der Waals surface area contributed by atoms with Gasteiger partial charge < -0.3 is 0 Å². The molecular formula is C9H11ClS2. The van der Waals surface area contributed by atoms with Gasteiger partial charge in [-0.05, 0) is 18.6 Å². The zero-order valence-corrected chi connectivity index (χ0v) is 9.29. The van der Waals surface area contributed by atoms with Crippen molar-refractivity contribution in [3.8, 4) is 0 Å². The predicted octanol–water partition coefficient (Wildman–Crippen LogP) is 3.85. The van der Waals surface area contributed by atoms with Crippen molar-refractivity contribution in [1.29, 1.82) is 0 Å². The molecule has 0 aromatic heterocycles. The number of rotatable bonds is 3. The summed E-state index contributed by atoms with van der Waals surface area (Å²) in [6, 6.07) is 7.91. The number of hydrogen-bond donors (Lipinski definition) is 1. The second-order valence-electron chi connectivity index (χ2n) is 2.50. The minimum atomic E-state index is 0.362. The normalized spacial score (nSPS) is 12.9. The standard InChI is InChI=1S/C9H11ClS2/c1-7(11)12-6-8-4-2-3-5-9(8)10/h2-5,7,11H,6H2,1H3. The van der Waals surface area contributed by atoms with Crippen molar-refractivity contribution in [1.82, 2.24) is 0 Å². The van der Waals surface area contributed by atoms with E-state index in [1.54, 1.807) is 11.8 Å². The van der Waals surface area contributed by atoms with Gasteiger partial charge in [0.2, 0.25) is 0 Å². The van der Waals surface area contributed by atoms with E-state index >= 15 is 0 Å². The van der Waals surface area contributed by atoms with Crippen LogP contribution in [0.3, 0.4) is 0 Å². The van der Waals surface area contributed by atoms with Crippen LogP contribution >= 0.6 is 36.0 Å². The molecule has 1 aromatic rings. The summed E-state index contributed by atoms with van der Waals surface area (Å²) in [6.07, 6.45) is 0. The minimum Gasteiger partial charge on any atom is -0.165 e. The Balaban J connectivity index is 2.57. The van der Waals surface area contributed by atoms with E-state index in [9.17, 15) is 0 Å². The summed E-state index contributed by atoms with van der Waals surface area (Å²) in [6.45, 7) is 2.06. The molecule has 1 atom stereocenters. The molecule has 66 valence electrons. The van der Waals surface area contributed by atoms with Crippen LogP contribution in [-0.2, 0) is 5.75 Å². The molecule has 0 heterocycles. The van der Waals surface area contributed by atoms with Crippen molar-refractivity contribution < 1.29 is 0 Å². The summed E-state index contributed by atoms with van der Waals surface area (Å²) < 4.78 is 0.362. The monoisotopic (exact) mass is 218 g/mol. The molecule has 0 spiro atoms. The van der Waals surface area contributed by atoms with E-state index in [-0.39, 0.29) is 0 Å². The van der Waals surface area contributed by atoms with Gasteiger partial charge in [0.05, 0.1) is 0 Å². The van der Waals surface area contributed by atoms with E-state index in [1.165, 1.54) is 5.56 Å². The van der Waals surface area contributed by atoms with Gasteiger partial charge in [0.1, 0.15) is 0 Å². The Kier molecular flexibility index (Phi) is 4.33. The largest absolute Gasteiger partial charge is 0.165 e. The lowest BCUT2D eigenvalue weighted by atomic mass is 10.2. The Morgan fingerprint density at radius 1 is 1.50 bits per heavy atom.